The number of rotatable bonds is 4. The second-order valence-electron chi connectivity index (χ2n) is 5.10. The van der Waals surface area contributed by atoms with Gasteiger partial charge in [-0.15, -0.1) is 0 Å². The molecule has 1 amide bonds. The van der Waals surface area contributed by atoms with Gasteiger partial charge in [0, 0.05) is 13.2 Å². The highest BCUT2D eigenvalue weighted by Gasteiger charge is 2.43. The molecule has 1 aromatic rings. The van der Waals surface area contributed by atoms with Gasteiger partial charge in [0.05, 0.1) is 24.3 Å². The fourth-order valence-electron chi connectivity index (χ4n) is 2.21. The Labute approximate surface area is 110 Å². The van der Waals surface area contributed by atoms with Gasteiger partial charge in [0.2, 0.25) is 0 Å². The number of hydrogen-bond acceptors (Lipinski definition) is 4. The largest absolute Gasteiger partial charge is 0.480 e. The van der Waals surface area contributed by atoms with Gasteiger partial charge in [-0.2, -0.15) is 5.10 Å². The second kappa shape index (κ2) is 4.65. The third kappa shape index (κ3) is 2.76. The van der Waals surface area contributed by atoms with E-state index in [1.807, 2.05) is 0 Å². The molecular formula is C12H17N3O4. The van der Waals surface area contributed by atoms with Crippen LogP contribution in [0.4, 0.5) is 0 Å². The molecule has 0 unspecified atom stereocenters. The summed E-state index contributed by atoms with van der Waals surface area (Å²) in [4.78, 5) is 24.3. The zero-order valence-corrected chi connectivity index (χ0v) is 11.2. The molecule has 0 radical (unpaired) electrons. The van der Waals surface area contributed by atoms with Crippen molar-refractivity contribution >= 4 is 11.9 Å². The Balaban J connectivity index is 1.95. The predicted octanol–water partition coefficient (Wildman–Crippen LogP) is 0.0442. The Hall–Kier alpha value is -1.89. The number of aliphatic carboxylic acids is 1. The first-order chi connectivity index (χ1) is 8.81. The zero-order chi connectivity index (χ0) is 14.2. The van der Waals surface area contributed by atoms with Crippen LogP contribution in [0.3, 0.4) is 0 Å². The van der Waals surface area contributed by atoms with E-state index in [1.165, 1.54) is 0 Å². The van der Waals surface area contributed by atoms with Crippen LogP contribution in [-0.4, -0.2) is 57.0 Å². The van der Waals surface area contributed by atoms with Crippen molar-refractivity contribution < 1.29 is 19.4 Å². The fraction of sp³-hybridized carbons (Fsp3) is 0.583. The molecule has 0 saturated carbocycles. The summed E-state index contributed by atoms with van der Waals surface area (Å²) in [7, 11) is 1.76. The van der Waals surface area contributed by atoms with Crippen LogP contribution < -0.4 is 0 Å². The summed E-state index contributed by atoms with van der Waals surface area (Å²) in [6, 6.07) is 0. The minimum atomic E-state index is -1.01. The molecule has 0 atom stereocenters. The summed E-state index contributed by atoms with van der Waals surface area (Å²) in [5, 5.41) is 12.7. The molecule has 19 heavy (non-hydrogen) atoms. The van der Waals surface area contributed by atoms with Crippen LogP contribution in [0.15, 0.2) is 6.20 Å². The first-order valence-corrected chi connectivity index (χ1v) is 5.96. The van der Waals surface area contributed by atoms with Crippen LogP contribution in [0.2, 0.25) is 0 Å². The van der Waals surface area contributed by atoms with Crippen LogP contribution >= 0.6 is 0 Å². The number of aryl methyl sites for hydroxylation is 2. The Morgan fingerprint density at radius 2 is 2.16 bits per heavy atom. The van der Waals surface area contributed by atoms with Crippen molar-refractivity contribution in [2.45, 2.75) is 19.4 Å². The van der Waals surface area contributed by atoms with E-state index in [4.69, 9.17) is 9.84 Å². The molecule has 7 nitrogen and oxygen atoms in total. The van der Waals surface area contributed by atoms with Crippen molar-refractivity contribution in [1.82, 2.24) is 14.7 Å². The van der Waals surface area contributed by atoms with E-state index in [0.29, 0.717) is 24.3 Å². The number of carboxylic acids is 1. The van der Waals surface area contributed by atoms with Gasteiger partial charge in [0.15, 0.2) is 0 Å². The number of nitrogens with zero attached hydrogens (tertiary/aromatic N) is 3. The van der Waals surface area contributed by atoms with Gasteiger partial charge >= 0.3 is 5.97 Å². The van der Waals surface area contributed by atoms with Crippen molar-refractivity contribution in [3.63, 3.8) is 0 Å². The van der Waals surface area contributed by atoms with Crippen LogP contribution in [0.1, 0.15) is 23.0 Å². The maximum atomic E-state index is 12.2. The van der Waals surface area contributed by atoms with Crippen LogP contribution in [0.5, 0.6) is 0 Å². The lowest BCUT2D eigenvalue weighted by molar-refractivity contribution is -0.159. The van der Waals surface area contributed by atoms with Crippen LogP contribution in [0.25, 0.3) is 0 Å². The summed E-state index contributed by atoms with van der Waals surface area (Å²) < 4.78 is 6.86. The Kier molecular flexibility index (Phi) is 3.32. The monoisotopic (exact) mass is 267 g/mol. The molecule has 1 aliphatic rings. The Morgan fingerprint density at radius 3 is 2.63 bits per heavy atom. The van der Waals surface area contributed by atoms with Gasteiger partial charge in [-0.25, -0.2) is 4.79 Å². The Bertz CT molecular complexity index is 517. The molecule has 7 heteroatoms. The number of hydrogen-bond donors (Lipinski definition) is 1. The van der Waals surface area contributed by atoms with E-state index in [0.717, 1.165) is 0 Å². The normalized spacial score (nSPS) is 17.1. The number of ether oxygens (including phenoxy) is 1. The number of carbonyl (C=O) groups is 2. The first kappa shape index (κ1) is 13.5. The van der Waals surface area contributed by atoms with Gasteiger partial charge in [0.25, 0.3) is 5.91 Å². The molecular weight excluding hydrogens is 250 g/mol. The van der Waals surface area contributed by atoms with E-state index in [-0.39, 0.29) is 12.5 Å². The van der Waals surface area contributed by atoms with Gasteiger partial charge in [0.1, 0.15) is 12.2 Å². The molecule has 0 spiro atoms. The van der Waals surface area contributed by atoms with E-state index in [9.17, 15) is 9.59 Å². The average Bonchev–Trinajstić information content (AvgIpc) is 2.61. The summed E-state index contributed by atoms with van der Waals surface area (Å²) in [6.07, 6.45) is 1.69. The van der Waals surface area contributed by atoms with Gasteiger partial charge in [-0.1, -0.05) is 0 Å². The molecule has 0 aromatic carbocycles. The molecule has 1 fully saturated rings. The highest BCUT2D eigenvalue weighted by molar-refractivity contribution is 5.95. The number of carbonyl (C=O) groups excluding carboxylic acids is 1. The first-order valence-electron chi connectivity index (χ1n) is 5.96. The lowest BCUT2D eigenvalue weighted by atomic mass is 9.95. The smallest absolute Gasteiger partial charge is 0.329 e. The van der Waals surface area contributed by atoms with Crippen molar-refractivity contribution in [1.29, 1.82) is 0 Å². The van der Waals surface area contributed by atoms with Crippen molar-refractivity contribution in [3.05, 3.63) is 17.5 Å². The molecule has 0 bridgehead atoms. The summed E-state index contributed by atoms with van der Waals surface area (Å²) in [5.41, 5.74) is 0.694. The molecule has 2 heterocycles. The highest BCUT2D eigenvalue weighted by Crippen LogP contribution is 2.26. The standard InChI is InChI=1S/C12H17N3O4/c1-8-9(4-14(3)13-8)11(18)15-6-12(2,7-15)19-5-10(16)17/h4H,5-7H2,1-3H3,(H,16,17). The highest BCUT2D eigenvalue weighted by atomic mass is 16.5. The van der Waals surface area contributed by atoms with E-state index >= 15 is 0 Å². The summed E-state index contributed by atoms with van der Waals surface area (Å²) >= 11 is 0. The number of amides is 1. The Morgan fingerprint density at radius 1 is 1.53 bits per heavy atom. The third-order valence-electron chi connectivity index (χ3n) is 3.13. The third-order valence-corrected chi connectivity index (χ3v) is 3.13. The topological polar surface area (TPSA) is 84.7 Å². The average molecular weight is 267 g/mol. The molecule has 1 aliphatic heterocycles. The van der Waals surface area contributed by atoms with Crippen molar-refractivity contribution in [2.24, 2.45) is 7.05 Å². The predicted molar refractivity (Wildman–Crippen MR) is 65.8 cm³/mol. The maximum absolute atomic E-state index is 12.2. The van der Waals surface area contributed by atoms with E-state index in [2.05, 4.69) is 5.10 Å². The molecule has 2 rings (SSSR count). The van der Waals surface area contributed by atoms with Crippen LogP contribution in [0, 0.1) is 6.92 Å². The summed E-state index contributed by atoms with van der Waals surface area (Å²) in [6.45, 7) is 4.04. The van der Waals surface area contributed by atoms with Gasteiger partial charge in [-0.05, 0) is 13.8 Å². The van der Waals surface area contributed by atoms with Crippen LogP contribution in [-0.2, 0) is 16.6 Å². The maximum Gasteiger partial charge on any atom is 0.329 e. The summed E-state index contributed by atoms with van der Waals surface area (Å²) in [5.74, 6) is -1.10. The number of carboxylic acid groups (broad SMARTS) is 1. The minimum Gasteiger partial charge on any atom is -0.480 e. The molecule has 1 N–H and O–H groups in total. The zero-order valence-electron chi connectivity index (χ0n) is 11.2. The lowest BCUT2D eigenvalue weighted by Gasteiger charge is -2.47. The van der Waals surface area contributed by atoms with Crippen molar-refractivity contribution in [2.75, 3.05) is 19.7 Å². The number of aromatic nitrogens is 2. The molecule has 0 aliphatic carbocycles. The lowest BCUT2D eigenvalue weighted by Crippen LogP contribution is -2.63. The van der Waals surface area contributed by atoms with E-state index in [1.54, 1.807) is 36.7 Å². The quantitative estimate of drug-likeness (QED) is 0.833. The second-order valence-corrected chi connectivity index (χ2v) is 5.10. The van der Waals surface area contributed by atoms with Gasteiger partial charge < -0.3 is 14.7 Å². The van der Waals surface area contributed by atoms with Gasteiger partial charge in [-0.3, -0.25) is 9.48 Å². The molecule has 1 aromatic heterocycles. The van der Waals surface area contributed by atoms with E-state index < -0.39 is 11.6 Å². The SMILES string of the molecule is Cc1nn(C)cc1C(=O)N1CC(C)(OCC(=O)O)C1. The minimum absolute atomic E-state index is 0.0954. The fourth-order valence-corrected chi connectivity index (χ4v) is 2.21. The number of likely N-dealkylation sites (tertiary alicyclic amines) is 1. The molecule has 1 saturated heterocycles. The van der Waals surface area contributed by atoms with Crippen molar-refractivity contribution in [3.8, 4) is 0 Å². The molecule has 104 valence electrons.